The van der Waals surface area contributed by atoms with E-state index in [0.717, 1.165) is 35.0 Å². The molecule has 1 saturated heterocycles. The Bertz CT molecular complexity index is 1280. The highest BCUT2D eigenvalue weighted by atomic mass is 32.2. The monoisotopic (exact) mass is 471 g/mol. The van der Waals surface area contributed by atoms with Crippen molar-refractivity contribution in [2.75, 3.05) is 25.5 Å². The molecule has 0 atom stereocenters. The zero-order valence-corrected chi connectivity index (χ0v) is 19.6. The summed E-state index contributed by atoms with van der Waals surface area (Å²) in [5.41, 5.74) is 2.52. The number of hydrogen-bond acceptors (Lipinski definition) is 6. The standard InChI is InChI=1S/C23H25N3O4S2/c1-16-7-6-8-19-22(16)25-23(31-19)24-21(27)12-10-17-9-11-18(30-2)20(15-17)32(28,29)26-13-4-3-5-14-26/h6-12,15H,3-5,13-14H2,1-2H3,(H,24,25,27). The van der Waals surface area contributed by atoms with Gasteiger partial charge in [-0.05, 0) is 55.2 Å². The van der Waals surface area contributed by atoms with Crippen LogP contribution in [0.4, 0.5) is 5.13 Å². The molecule has 1 amide bonds. The number of ether oxygens (including phenoxy) is 1. The molecule has 1 aromatic heterocycles. The lowest BCUT2D eigenvalue weighted by Crippen LogP contribution is -2.35. The predicted octanol–water partition coefficient (Wildman–Crippen LogP) is 4.44. The number of aryl methyl sites for hydroxylation is 1. The highest BCUT2D eigenvalue weighted by Crippen LogP contribution is 2.30. The van der Waals surface area contributed by atoms with Crippen LogP contribution in [-0.2, 0) is 14.8 Å². The van der Waals surface area contributed by atoms with Crippen LogP contribution in [0.1, 0.15) is 30.4 Å². The van der Waals surface area contributed by atoms with E-state index in [9.17, 15) is 13.2 Å². The maximum Gasteiger partial charge on any atom is 0.250 e. The van der Waals surface area contributed by atoms with E-state index >= 15 is 0 Å². The van der Waals surface area contributed by atoms with Crippen molar-refractivity contribution in [2.24, 2.45) is 0 Å². The van der Waals surface area contributed by atoms with Crippen molar-refractivity contribution < 1.29 is 17.9 Å². The Labute approximate surface area is 191 Å². The van der Waals surface area contributed by atoms with E-state index in [-0.39, 0.29) is 10.8 Å². The highest BCUT2D eigenvalue weighted by Gasteiger charge is 2.29. The summed E-state index contributed by atoms with van der Waals surface area (Å²) < 4.78 is 34.1. The number of methoxy groups -OCH3 is 1. The lowest BCUT2D eigenvalue weighted by Gasteiger charge is -2.26. The topological polar surface area (TPSA) is 88.6 Å². The molecule has 0 aliphatic carbocycles. The van der Waals surface area contributed by atoms with Gasteiger partial charge >= 0.3 is 0 Å². The maximum absolute atomic E-state index is 13.1. The molecule has 1 aliphatic heterocycles. The molecule has 0 bridgehead atoms. The second-order valence-electron chi connectivity index (χ2n) is 7.64. The van der Waals surface area contributed by atoms with Crippen molar-refractivity contribution >= 4 is 48.7 Å². The van der Waals surface area contributed by atoms with Gasteiger partial charge in [0.25, 0.3) is 0 Å². The number of aromatic nitrogens is 1. The van der Waals surface area contributed by atoms with E-state index in [1.54, 1.807) is 24.3 Å². The number of rotatable bonds is 6. The largest absolute Gasteiger partial charge is 0.495 e. The first kappa shape index (κ1) is 22.4. The molecule has 7 nitrogen and oxygen atoms in total. The number of para-hydroxylation sites is 1. The molecule has 3 aromatic rings. The van der Waals surface area contributed by atoms with Crippen molar-refractivity contribution in [3.05, 3.63) is 53.6 Å². The summed E-state index contributed by atoms with van der Waals surface area (Å²) in [5, 5.41) is 3.30. The third-order valence-electron chi connectivity index (χ3n) is 5.40. The smallest absolute Gasteiger partial charge is 0.250 e. The lowest BCUT2D eigenvalue weighted by molar-refractivity contribution is -0.111. The van der Waals surface area contributed by atoms with Crippen LogP contribution in [0.15, 0.2) is 47.4 Å². The molecule has 1 fully saturated rings. The number of thiazole rings is 1. The Morgan fingerprint density at radius 1 is 1.19 bits per heavy atom. The van der Waals surface area contributed by atoms with E-state index in [1.807, 2.05) is 25.1 Å². The van der Waals surface area contributed by atoms with Gasteiger partial charge in [0.2, 0.25) is 15.9 Å². The van der Waals surface area contributed by atoms with Gasteiger partial charge in [0, 0.05) is 19.2 Å². The molecule has 2 aromatic carbocycles. The molecule has 0 spiro atoms. The van der Waals surface area contributed by atoms with Gasteiger partial charge in [0.05, 0.1) is 17.3 Å². The van der Waals surface area contributed by atoms with Crippen LogP contribution in [0.5, 0.6) is 5.75 Å². The van der Waals surface area contributed by atoms with Crippen molar-refractivity contribution in [3.63, 3.8) is 0 Å². The van der Waals surface area contributed by atoms with Gasteiger partial charge in [0.1, 0.15) is 10.6 Å². The molecule has 1 N–H and O–H groups in total. The molecule has 0 unspecified atom stereocenters. The normalized spacial score (nSPS) is 15.3. The van der Waals surface area contributed by atoms with Crippen LogP contribution in [-0.4, -0.2) is 43.8 Å². The van der Waals surface area contributed by atoms with Gasteiger partial charge in [0.15, 0.2) is 5.13 Å². The van der Waals surface area contributed by atoms with Gasteiger partial charge in [-0.2, -0.15) is 4.31 Å². The first-order chi connectivity index (χ1) is 15.4. The van der Waals surface area contributed by atoms with Gasteiger partial charge in [-0.1, -0.05) is 36.0 Å². The molecule has 2 heterocycles. The SMILES string of the molecule is COc1ccc(C=CC(=O)Nc2nc3c(C)cccc3s2)cc1S(=O)(=O)N1CCCCC1. The van der Waals surface area contributed by atoms with Gasteiger partial charge < -0.3 is 4.74 Å². The third-order valence-corrected chi connectivity index (χ3v) is 8.25. The van der Waals surface area contributed by atoms with Gasteiger partial charge in [-0.25, -0.2) is 13.4 Å². The second-order valence-corrected chi connectivity index (χ2v) is 10.6. The van der Waals surface area contributed by atoms with Crippen LogP contribution in [0.3, 0.4) is 0 Å². The first-order valence-electron chi connectivity index (χ1n) is 10.4. The molecule has 1 aliphatic rings. The molecular formula is C23H25N3O4S2. The van der Waals surface area contributed by atoms with Crippen LogP contribution in [0.25, 0.3) is 16.3 Å². The number of nitrogens with zero attached hydrogens (tertiary/aromatic N) is 2. The van der Waals surface area contributed by atoms with Crippen molar-refractivity contribution in [1.29, 1.82) is 0 Å². The molecule has 4 rings (SSSR count). The first-order valence-corrected chi connectivity index (χ1v) is 12.7. The van der Waals surface area contributed by atoms with E-state index in [2.05, 4.69) is 10.3 Å². The Hall–Kier alpha value is -2.75. The number of nitrogens with one attached hydrogen (secondary N) is 1. The fourth-order valence-corrected chi connectivity index (χ4v) is 6.36. The molecule has 0 saturated carbocycles. The van der Waals surface area contributed by atoms with Crippen molar-refractivity contribution in [3.8, 4) is 5.75 Å². The van der Waals surface area contributed by atoms with E-state index in [1.165, 1.54) is 28.8 Å². The lowest BCUT2D eigenvalue weighted by atomic mass is 10.2. The zero-order valence-electron chi connectivity index (χ0n) is 18.0. The molecule has 32 heavy (non-hydrogen) atoms. The summed E-state index contributed by atoms with van der Waals surface area (Å²) in [7, 11) is -2.22. The second kappa shape index (κ2) is 9.40. The number of piperidine rings is 1. The van der Waals surface area contributed by atoms with Crippen molar-refractivity contribution in [1.82, 2.24) is 9.29 Å². The molecule has 9 heteroatoms. The maximum atomic E-state index is 13.1. The zero-order chi connectivity index (χ0) is 22.7. The summed E-state index contributed by atoms with van der Waals surface area (Å²) >= 11 is 1.41. The minimum atomic E-state index is -3.67. The molecular weight excluding hydrogens is 446 g/mol. The number of anilines is 1. The quantitative estimate of drug-likeness (QED) is 0.537. The fraction of sp³-hybridized carbons (Fsp3) is 0.304. The summed E-state index contributed by atoms with van der Waals surface area (Å²) in [4.78, 5) is 17.0. The van der Waals surface area contributed by atoms with Gasteiger partial charge in [-0.15, -0.1) is 0 Å². The van der Waals surface area contributed by atoms with Crippen LogP contribution < -0.4 is 10.1 Å². The van der Waals surface area contributed by atoms with E-state index in [0.29, 0.717) is 29.5 Å². The Balaban J connectivity index is 1.53. The number of sulfonamides is 1. The van der Waals surface area contributed by atoms with Gasteiger partial charge in [-0.3, -0.25) is 10.1 Å². The van der Waals surface area contributed by atoms with Crippen LogP contribution >= 0.6 is 11.3 Å². The number of hydrogen-bond donors (Lipinski definition) is 1. The predicted molar refractivity (Wildman–Crippen MR) is 128 cm³/mol. The summed E-state index contributed by atoms with van der Waals surface area (Å²) in [5.74, 6) is -0.0417. The number of fused-ring (bicyclic) bond motifs is 1. The van der Waals surface area contributed by atoms with Crippen LogP contribution in [0, 0.1) is 6.92 Å². The number of benzene rings is 2. The summed E-state index contributed by atoms with van der Waals surface area (Å²) in [6.45, 7) is 3.00. The van der Waals surface area contributed by atoms with E-state index in [4.69, 9.17) is 4.74 Å². The van der Waals surface area contributed by atoms with Crippen molar-refractivity contribution in [2.45, 2.75) is 31.1 Å². The Morgan fingerprint density at radius 3 is 2.69 bits per heavy atom. The average molecular weight is 472 g/mol. The minimum absolute atomic E-state index is 0.117. The minimum Gasteiger partial charge on any atom is -0.495 e. The number of carbonyl (C=O) groups excluding carboxylic acids is 1. The Morgan fingerprint density at radius 2 is 1.97 bits per heavy atom. The number of amides is 1. The highest BCUT2D eigenvalue weighted by molar-refractivity contribution is 7.89. The van der Waals surface area contributed by atoms with E-state index < -0.39 is 10.0 Å². The third kappa shape index (κ3) is 4.69. The molecule has 168 valence electrons. The number of carbonyl (C=O) groups is 1. The summed E-state index contributed by atoms with van der Waals surface area (Å²) in [6.07, 6.45) is 5.70. The average Bonchev–Trinajstić information content (AvgIpc) is 3.22. The molecule has 0 radical (unpaired) electrons. The summed E-state index contributed by atoms with van der Waals surface area (Å²) in [6, 6.07) is 10.8. The fourth-order valence-electron chi connectivity index (χ4n) is 3.70. The Kier molecular flexibility index (Phi) is 6.59. The van der Waals surface area contributed by atoms with Crippen LogP contribution in [0.2, 0.25) is 0 Å².